The Kier molecular flexibility index (Phi) is 4.12. The van der Waals surface area contributed by atoms with Gasteiger partial charge in [0.25, 0.3) is 0 Å². The summed E-state index contributed by atoms with van der Waals surface area (Å²) >= 11 is 0. The van der Waals surface area contributed by atoms with Gasteiger partial charge < -0.3 is 14.6 Å². The van der Waals surface area contributed by atoms with Crippen LogP contribution in [-0.2, 0) is 11.2 Å². The minimum absolute atomic E-state index is 0.0797. The zero-order valence-electron chi connectivity index (χ0n) is 10.8. The van der Waals surface area contributed by atoms with Crippen LogP contribution in [0.5, 0.6) is 0 Å². The fourth-order valence-electron chi connectivity index (χ4n) is 1.83. The summed E-state index contributed by atoms with van der Waals surface area (Å²) in [5.41, 5.74) is 0. The third-order valence-corrected chi connectivity index (χ3v) is 2.95. The molecule has 1 aromatic rings. The number of hydrogen-bond donors (Lipinski definition) is 1. The molecule has 0 saturated heterocycles. The molecule has 0 spiro atoms. The molecule has 5 nitrogen and oxygen atoms in total. The molecule has 1 aliphatic rings. The number of methoxy groups -OCH3 is 1. The van der Waals surface area contributed by atoms with Crippen LogP contribution in [0.1, 0.15) is 44.5 Å². The number of ether oxygens (including phenoxy) is 1. The zero-order valence-corrected chi connectivity index (χ0v) is 10.8. The van der Waals surface area contributed by atoms with Gasteiger partial charge in [-0.3, -0.25) is 0 Å². The van der Waals surface area contributed by atoms with E-state index in [2.05, 4.69) is 29.3 Å². The molecule has 2 rings (SSSR count). The van der Waals surface area contributed by atoms with Crippen LogP contribution in [0.3, 0.4) is 0 Å². The van der Waals surface area contributed by atoms with Crippen LogP contribution >= 0.6 is 0 Å². The minimum atomic E-state index is -0.0797. The first kappa shape index (κ1) is 12.5. The Bertz CT molecular complexity index is 347. The van der Waals surface area contributed by atoms with E-state index in [0.29, 0.717) is 17.6 Å². The molecule has 0 aliphatic heterocycles. The van der Waals surface area contributed by atoms with Crippen molar-refractivity contribution < 1.29 is 9.26 Å². The Labute approximate surface area is 102 Å². The second-order valence-electron chi connectivity index (χ2n) is 4.93. The molecule has 1 fully saturated rings. The molecule has 5 heteroatoms. The summed E-state index contributed by atoms with van der Waals surface area (Å²) in [7, 11) is 1.68. The summed E-state index contributed by atoms with van der Waals surface area (Å²) in [6, 6.07) is 0.722. The van der Waals surface area contributed by atoms with E-state index in [-0.39, 0.29) is 6.10 Å². The maximum absolute atomic E-state index is 5.36. The number of hydrogen-bond acceptors (Lipinski definition) is 5. The Hall–Kier alpha value is -0.940. The summed E-state index contributed by atoms with van der Waals surface area (Å²) in [6.07, 6.45) is 3.31. The monoisotopic (exact) mass is 239 g/mol. The molecule has 0 bridgehead atoms. The SMILES string of the molecule is COC(c1noc(CCNC2CC2)n1)C(C)C. The maximum Gasteiger partial charge on any atom is 0.228 e. The van der Waals surface area contributed by atoms with Crippen LogP contribution in [0, 0.1) is 5.92 Å². The highest BCUT2D eigenvalue weighted by atomic mass is 16.5. The van der Waals surface area contributed by atoms with Gasteiger partial charge in [-0.2, -0.15) is 4.98 Å². The molecule has 0 aromatic carbocycles. The predicted octanol–water partition coefficient (Wildman–Crippen LogP) is 1.71. The average Bonchev–Trinajstić information content (AvgIpc) is 2.99. The standard InChI is InChI=1S/C12H21N3O2/c1-8(2)11(16-3)12-14-10(17-15-12)6-7-13-9-4-5-9/h8-9,11,13H,4-7H2,1-3H3. The van der Waals surface area contributed by atoms with E-state index < -0.39 is 0 Å². The van der Waals surface area contributed by atoms with Gasteiger partial charge in [-0.1, -0.05) is 19.0 Å². The quantitative estimate of drug-likeness (QED) is 0.785. The van der Waals surface area contributed by atoms with Crippen LogP contribution < -0.4 is 5.32 Å². The lowest BCUT2D eigenvalue weighted by molar-refractivity contribution is 0.0555. The van der Waals surface area contributed by atoms with Gasteiger partial charge in [-0.05, 0) is 18.8 Å². The topological polar surface area (TPSA) is 60.2 Å². The van der Waals surface area contributed by atoms with Crippen molar-refractivity contribution >= 4 is 0 Å². The normalized spacial score (nSPS) is 17.6. The fourth-order valence-corrected chi connectivity index (χ4v) is 1.83. The summed E-state index contributed by atoms with van der Waals surface area (Å²) < 4.78 is 10.6. The molecule has 96 valence electrons. The highest BCUT2D eigenvalue weighted by Gasteiger charge is 2.22. The zero-order chi connectivity index (χ0) is 12.3. The maximum atomic E-state index is 5.36. The first-order valence-corrected chi connectivity index (χ1v) is 6.29. The summed E-state index contributed by atoms with van der Waals surface area (Å²) in [4.78, 5) is 4.38. The van der Waals surface area contributed by atoms with E-state index >= 15 is 0 Å². The Morgan fingerprint density at radius 1 is 1.47 bits per heavy atom. The van der Waals surface area contributed by atoms with Gasteiger partial charge in [-0.15, -0.1) is 0 Å². The van der Waals surface area contributed by atoms with Crippen LogP contribution in [0.15, 0.2) is 4.52 Å². The Morgan fingerprint density at radius 2 is 2.24 bits per heavy atom. The van der Waals surface area contributed by atoms with Crippen molar-refractivity contribution in [1.82, 2.24) is 15.5 Å². The van der Waals surface area contributed by atoms with Crippen molar-refractivity contribution in [2.75, 3.05) is 13.7 Å². The van der Waals surface area contributed by atoms with Gasteiger partial charge in [0, 0.05) is 26.1 Å². The third-order valence-electron chi connectivity index (χ3n) is 2.95. The van der Waals surface area contributed by atoms with Gasteiger partial charge in [0.1, 0.15) is 6.10 Å². The molecule has 1 aromatic heterocycles. The van der Waals surface area contributed by atoms with E-state index in [9.17, 15) is 0 Å². The lowest BCUT2D eigenvalue weighted by Gasteiger charge is -2.14. The number of rotatable bonds is 7. The predicted molar refractivity (Wildman–Crippen MR) is 63.6 cm³/mol. The fraction of sp³-hybridized carbons (Fsp3) is 0.833. The van der Waals surface area contributed by atoms with E-state index in [4.69, 9.17) is 9.26 Å². The Morgan fingerprint density at radius 3 is 2.82 bits per heavy atom. The van der Waals surface area contributed by atoms with Gasteiger partial charge >= 0.3 is 0 Å². The highest BCUT2D eigenvalue weighted by Crippen LogP contribution is 2.22. The van der Waals surface area contributed by atoms with Crippen LogP contribution in [0.4, 0.5) is 0 Å². The second-order valence-corrected chi connectivity index (χ2v) is 4.93. The number of nitrogens with zero attached hydrogens (tertiary/aromatic N) is 2. The second kappa shape index (κ2) is 5.60. The van der Waals surface area contributed by atoms with Crippen molar-refractivity contribution in [3.63, 3.8) is 0 Å². The molecule has 17 heavy (non-hydrogen) atoms. The van der Waals surface area contributed by atoms with E-state index in [0.717, 1.165) is 19.0 Å². The molecule has 1 N–H and O–H groups in total. The Balaban J connectivity index is 1.85. The van der Waals surface area contributed by atoms with Crippen molar-refractivity contribution in [2.45, 2.75) is 45.3 Å². The number of nitrogens with one attached hydrogen (secondary N) is 1. The van der Waals surface area contributed by atoms with Crippen molar-refractivity contribution in [2.24, 2.45) is 5.92 Å². The molecule has 1 saturated carbocycles. The number of aromatic nitrogens is 2. The largest absolute Gasteiger partial charge is 0.373 e. The smallest absolute Gasteiger partial charge is 0.228 e. The highest BCUT2D eigenvalue weighted by molar-refractivity contribution is 4.93. The molecular formula is C12H21N3O2. The van der Waals surface area contributed by atoms with Crippen LogP contribution in [-0.4, -0.2) is 29.8 Å². The molecule has 0 radical (unpaired) electrons. The average molecular weight is 239 g/mol. The van der Waals surface area contributed by atoms with E-state index in [1.54, 1.807) is 7.11 Å². The van der Waals surface area contributed by atoms with Gasteiger partial charge in [0.05, 0.1) is 0 Å². The lowest BCUT2D eigenvalue weighted by Crippen LogP contribution is -2.19. The van der Waals surface area contributed by atoms with Gasteiger partial charge in [-0.25, -0.2) is 0 Å². The lowest BCUT2D eigenvalue weighted by atomic mass is 10.1. The van der Waals surface area contributed by atoms with Crippen molar-refractivity contribution in [3.05, 3.63) is 11.7 Å². The van der Waals surface area contributed by atoms with Gasteiger partial charge in [0.2, 0.25) is 11.7 Å². The van der Waals surface area contributed by atoms with Crippen LogP contribution in [0.25, 0.3) is 0 Å². The van der Waals surface area contributed by atoms with Crippen molar-refractivity contribution in [3.8, 4) is 0 Å². The van der Waals surface area contributed by atoms with Crippen LogP contribution in [0.2, 0.25) is 0 Å². The summed E-state index contributed by atoms with van der Waals surface area (Å²) in [6.45, 7) is 5.07. The molecule has 1 heterocycles. The van der Waals surface area contributed by atoms with Crippen molar-refractivity contribution in [1.29, 1.82) is 0 Å². The molecule has 1 unspecified atom stereocenters. The molecule has 0 amide bonds. The molecule has 1 aliphatic carbocycles. The summed E-state index contributed by atoms with van der Waals surface area (Å²) in [5.74, 6) is 1.69. The van der Waals surface area contributed by atoms with E-state index in [1.165, 1.54) is 12.8 Å². The third kappa shape index (κ3) is 3.51. The molecular weight excluding hydrogens is 218 g/mol. The first-order valence-electron chi connectivity index (χ1n) is 6.29. The summed E-state index contributed by atoms with van der Waals surface area (Å²) in [5, 5.41) is 7.40. The van der Waals surface area contributed by atoms with E-state index in [1.807, 2.05) is 0 Å². The van der Waals surface area contributed by atoms with Gasteiger partial charge in [0.15, 0.2) is 0 Å². The minimum Gasteiger partial charge on any atom is -0.373 e. The first-order chi connectivity index (χ1) is 8.20. The molecule has 1 atom stereocenters.